The van der Waals surface area contributed by atoms with Crippen molar-refractivity contribution < 1.29 is 9.84 Å². The number of rotatable bonds is 7. The lowest BCUT2D eigenvalue weighted by Gasteiger charge is -2.11. The van der Waals surface area contributed by atoms with E-state index in [9.17, 15) is 5.11 Å². The molecule has 0 saturated heterocycles. The Morgan fingerprint density at radius 3 is 2.78 bits per heavy atom. The van der Waals surface area contributed by atoms with Crippen molar-refractivity contribution >= 4 is 11.3 Å². The fraction of sp³-hybridized carbons (Fsp3) is 0.286. The summed E-state index contributed by atoms with van der Waals surface area (Å²) in [5.74, 6) is 0.873. The van der Waals surface area contributed by atoms with Crippen LogP contribution < -0.4 is 10.1 Å². The van der Waals surface area contributed by atoms with Crippen LogP contribution in [0.2, 0.25) is 0 Å². The second-order valence-electron chi connectivity index (χ2n) is 3.94. The average Bonchev–Trinajstić information content (AvgIpc) is 2.93. The molecule has 1 aromatic heterocycles. The van der Waals surface area contributed by atoms with Crippen molar-refractivity contribution in [2.45, 2.75) is 6.10 Å². The second-order valence-corrected chi connectivity index (χ2v) is 4.72. The van der Waals surface area contributed by atoms with Gasteiger partial charge in [-0.2, -0.15) is 11.3 Å². The zero-order valence-electron chi connectivity index (χ0n) is 10.1. The van der Waals surface area contributed by atoms with Gasteiger partial charge in [0.1, 0.15) is 12.4 Å². The van der Waals surface area contributed by atoms with Gasteiger partial charge in [0, 0.05) is 13.1 Å². The molecular formula is C14H17NO2S. The van der Waals surface area contributed by atoms with Crippen LogP contribution in [0.4, 0.5) is 0 Å². The summed E-state index contributed by atoms with van der Waals surface area (Å²) in [7, 11) is 0. The van der Waals surface area contributed by atoms with Crippen LogP contribution >= 0.6 is 11.3 Å². The molecule has 0 aliphatic heterocycles. The maximum absolute atomic E-state index is 9.83. The quantitative estimate of drug-likeness (QED) is 0.754. The molecule has 1 atom stereocenters. The van der Waals surface area contributed by atoms with Crippen molar-refractivity contribution in [2.75, 3.05) is 19.7 Å². The van der Waals surface area contributed by atoms with E-state index in [4.69, 9.17) is 4.74 Å². The zero-order chi connectivity index (χ0) is 12.6. The Bertz CT molecular complexity index is 430. The fourth-order valence-electron chi connectivity index (χ4n) is 1.58. The second kappa shape index (κ2) is 7.16. The molecule has 1 unspecified atom stereocenters. The molecule has 0 aliphatic rings. The number of para-hydroxylation sites is 1. The van der Waals surface area contributed by atoms with E-state index in [1.165, 1.54) is 0 Å². The van der Waals surface area contributed by atoms with Crippen molar-refractivity contribution in [3.8, 4) is 5.75 Å². The maximum Gasteiger partial charge on any atom is 0.119 e. The number of thiophene rings is 1. The first kappa shape index (κ1) is 13.1. The molecule has 0 radical (unpaired) electrons. The molecule has 18 heavy (non-hydrogen) atoms. The first-order valence-corrected chi connectivity index (χ1v) is 6.89. The molecule has 0 aliphatic carbocycles. The van der Waals surface area contributed by atoms with E-state index in [0.29, 0.717) is 13.2 Å². The summed E-state index contributed by atoms with van der Waals surface area (Å²) in [6.07, 6.45) is -0.437. The first-order valence-electron chi connectivity index (χ1n) is 5.95. The molecule has 0 fully saturated rings. The average molecular weight is 263 g/mol. The van der Waals surface area contributed by atoms with Gasteiger partial charge in [-0.25, -0.2) is 0 Å². The summed E-state index contributed by atoms with van der Waals surface area (Å²) in [5, 5.41) is 16.9. The topological polar surface area (TPSA) is 41.5 Å². The highest BCUT2D eigenvalue weighted by Gasteiger charge is 2.06. The van der Waals surface area contributed by atoms with Crippen LogP contribution in [0.5, 0.6) is 5.75 Å². The number of aliphatic hydroxyl groups is 1. The van der Waals surface area contributed by atoms with Crippen LogP contribution in [-0.4, -0.2) is 24.8 Å². The highest BCUT2D eigenvalue weighted by molar-refractivity contribution is 7.07. The predicted octanol–water partition coefficient (Wildman–Crippen LogP) is 2.45. The summed E-state index contributed by atoms with van der Waals surface area (Å²) < 4.78 is 5.54. The van der Waals surface area contributed by atoms with Gasteiger partial charge in [0.05, 0.1) is 6.10 Å². The van der Waals surface area contributed by atoms with Crippen LogP contribution in [0.25, 0.3) is 0 Å². The van der Waals surface area contributed by atoms with Crippen LogP contribution in [0.1, 0.15) is 11.7 Å². The number of benzene rings is 1. The molecule has 96 valence electrons. The Morgan fingerprint density at radius 2 is 2.06 bits per heavy atom. The van der Waals surface area contributed by atoms with E-state index in [-0.39, 0.29) is 0 Å². The third-order valence-corrected chi connectivity index (χ3v) is 3.26. The molecule has 0 spiro atoms. The number of hydrogen-bond acceptors (Lipinski definition) is 4. The van der Waals surface area contributed by atoms with Crippen molar-refractivity contribution in [1.29, 1.82) is 0 Å². The first-order chi connectivity index (χ1) is 8.86. The molecule has 4 heteroatoms. The van der Waals surface area contributed by atoms with Crippen LogP contribution in [0.15, 0.2) is 47.2 Å². The molecule has 0 amide bonds. The summed E-state index contributed by atoms with van der Waals surface area (Å²) >= 11 is 1.60. The highest BCUT2D eigenvalue weighted by atomic mass is 32.1. The molecule has 2 rings (SSSR count). The van der Waals surface area contributed by atoms with Gasteiger partial charge >= 0.3 is 0 Å². The molecule has 1 aromatic carbocycles. The van der Waals surface area contributed by atoms with Gasteiger partial charge in [0.25, 0.3) is 0 Å². The zero-order valence-corrected chi connectivity index (χ0v) is 10.9. The molecular weight excluding hydrogens is 246 g/mol. The van der Waals surface area contributed by atoms with Gasteiger partial charge in [0.15, 0.2) is 0 Å². The lowest BCUT2D eigenvalue weighted by atomic mass is 10.2. The Hall–Kier alpha value is -1.36. The van der Waals surface area contributed by atoms with E-state index in [1.54, 1.807) is 11.3 Å². The predicted molar refractivity (Wildman–Crippen MR) is 74.1 cm³/mol. The van der Waals surface area contributed by atoms with E-state index < -0.39 is 6.10 Å². The minimum Gasteiger partial charge on any atom is -0.492 e. The fourth-order valence-corrected chi connectivity index (χ4v) is 2.29. The standard InChI is InChI=1S/C14H17NO2S/c16-14(12-6-9-18-11-12)10-15-7-8-17-13-4-2-1-3-5-13/h1-6,9,11,14-16H,7-8,10H2. The summed E-state index contributed by atoms with van der Waals surface area (Å²) in [6.45, 7) is 1.87. The van der Waals surface area contributed by atoms with E-state index >= 15 is 0 Å². The smallest absolute Gasteiger partial charge is 0.119 e. The van der Waals surface area contributed by atoms with Gasteiger partial charge in [-0.05, 0) is 34.5 Å². The van der Waals surface area contributed by atoms with E-state index in [2.05, 4.69) is 5.32 Å². The Morgan fingerprint density at radius 1 is 1.22 bits per heavy atom. The van der Waals surface area contributed by atoms with Crippen LogP contribution in [-0.2, 0) is 0 Å². The Labute approximate surface area is 111 Å². The normalized spacial score (nSPS) is 12.3. The number of hydrogen-bond donors (Lipinski definition) is 2. The maximum atomic E-state index is 9.83. The lowest BCUT2D eigenvalue weighted by Crippen LogP contribution is -2.26. The van der Waals surface area contributed by atoms with E-state index in [0.717, 1.165) is 17.9 Å². The minimum absolute atomic E-state index is 0.437. The largest absolute Gasteiger partial charge is 0.492 e. The SMILES string of the molecule is OC(CNCCOc1ccccc1)c1ccsc1. The van der Waals surface area contributed by atoms with Gasteiger partial charge in [-0.1, -0.05) is 18.2 Å². The molecule has 3 nitrogen and oxygen atoms in total. The number of aliphatic hydroxyl groups excluding tert-OH is 1. The van der Waals surface area contributed by atoms with Gasteiger partial charge in [-0.3, -0.25) is 0 Å². The van der Waals surface area contributed by atoms with Gasteiger partial charge in [-0.15, -0.1) is 0 Å². The molecule has 2 aromatic rings. The third-order valence-electron chi connectivity index (χ3n) is 2.56. The van der Waals surface area contributed by atoms with Crippen LogP contribution in [0.3, 0.4) is 0 Å². The minimum atomic E-state index is -0.437. The summed E-state index contributed by atoms with van der Waals surface area (Å²) in [6, 6.07) is 11.7. The molecule has 2 N–H and O–H groups in total. The van der Waals surface area contributed by atoms with Crippen molar-refractivity contribution in [3.63, 3.8) is 0 Å². The monoisotopic (exact) mass is 263 g/mol. The van der Waals surface area contributed by atoms with E-state index in [1.807, 2.05) is 47.2 Å². The summed E-state index contributed by atoms with van der Waals surface area (Å²) in [4.78, 5) is 0. The van der Waals surface area contributed by atoms with Crippen molar-refractivity contribution in [1.82, 2.24) is 5.32 Å². The van der Waals surface area contributed by atoms with Gasteiger partial charge in [0.2, 0.25) is 0 Å². The van der Waals surface area contributed by atoms with Crippen LogP contribution in [0, 0.1) is 0 Å². The molecule has 0 bridgehead atoms. The highest BCUT2D eigenvalue weighted by Crippen LogP contribution is 2.14. The molecule has 0 saturated carbocycles. The van der Waals surface area contributed by atoms with Gasteiger partial charge < -0.3 is 15.2 Å². The van der Waals surface area contributed by atoms with Crippen molar-refractivity contribution in [3.05, 3.63) is 52.7 Å². The summed E-state index contributed by atoms with van der Waals surface area (Å²) in [5.41, 5.74) is 0.969. The van der Waals surface area contributed by atoms with Crippen molar-refractivity contribution in [2.24, 2.45) is 0 Å². The lowest BCUT2D eigenvalue weighted by molar-refractivity contribution is 0.172. The Kier molecular flexibility index (Phi) is 5.20. The number of ether oxygens (including phenoxy) is 1. The molecule has 1 heterocycles. The Balaban J connectivity index is 1.59. The number of nitrogens with one attached hydrogen (secondary N) is 1. The third kappa shape index (κ3) is 4.14.